The first-order chi connectivity index (χ1) is 9.47. The Bertz CT molecular complexity index is 486. The van der Waals surface area contributed by atoms with Gasteiger partial charge in [0.1, 0.15) is 11.9 Å². The van der Waals surface area contributed by atoms with E-state index in [2.05, 4.69) is 10.3 Å². The van der Waals surface area contributed by atoms with Crippen LogP contribution in [0.25, 0.3) is 0 Å². The van der Waals surface area contributed by atoms with Crippen molar-refractivity contribution >= 4 is 17.4 Å². The largest absolute Gasteiger partial charge is 0.476 e. The van der Waals surface area contributed by atoms with Crippen molar-refractivity contribution in [1.82, 2.24) is 9.88 Å². The molecule has 6 nitrogen and oxygen atoms in total. The van der Waals surface area contributed by atoms with Crippen LogP contribution in [-0.4, -0.2) is 42.5 Å². The molecule has 2 rings (SSSR count). The SMILES string of the molecule is CC(Nc1ccc(N)c(OCC2CC2)n1)C(=O)N(C)C. The van der Waals surface area contributed by atoms with Crippen LogP contribution in [0.2, 0.25) is 0 Å². The summed E-state index contributed by atoms with van der Waals surface area (Å²) in [5.74, 6) is 1.66. The van der Waals surface area contributed by atoms with Gasteiger partial charge in [0, 0.05) is 14.1 Å². The molecule has 0 spiro atoms. The third-order valence-electron chi connectivity index (χ3n) is 3.22. The van der Waals surface area contributed by atoms with Gasteiger partial charge < -0.3 is 20.7 Å². The number of hydrogen-bond donors (Lipinski definition) is 2. The average Bonchev–Trinajstić information content (AvgIpc) is 3.22. The minimum Gasteiger partial charge on any atom is -0.476 e. The number of nitrogen functional groups attached to an aromatic ring is 1. The minimum absolute atomic E-state index is 0.0101. The van der Waals surface area contributed by atoms with E-state index in [1.54, 1.807) is 38.1 Å². The number of carbonyl (C=O) groups is 1. The van der Waals surface area contributed by atoms with E-state index in [0.29, 0.717) is 29.9 Å². The molecule has 0 saturated heterocycles. The lowest BCUT2D eigenvalue weighted by atomic mass is 10.3. The third kappa shape index (κ3) is 3.76. The summed E-state index contributed by atoms with van der Waals surface area (Å²) in [5.41, 5.74) is 6.36. The zero-order valence-electron chi connectivity index (χ0n) is 12.2. The Balaban J connectivity index is 2.00. The number of pyridine rings is 1. The van der Waals surface area contributed by atoms with Gasteiger partial charge in [-0.15, -0.1) is 0 Å². The van der Waals surface area contributed by atoms with Crippen LogP contribution in [0.5, 0.6) is 5.88 Å². The normalized spacial score (nSPS) is 15.6. The van der Waals surface area contributed by atoms with E-state index in [-0.39, 0.29) is 11.9 Å². The van der Waals surface area contributed by atoms with Crippen LogP contribution < -0.4 is 15.8 Å². The van der Waals surface area contributed by atoms with Crippen molar-refractivity contribution in [3.05, 3.63) is 12.1 Å². The van der Waals surface area contributed by atoms with Crippen LogP contribution >= 0.6 is 0 Å². The lowest BCUT2D eigenvalue weighted by molar-refractivity contribution is -0.129. The predicted molar refractivity (Wildman–Crippen MR) is 78.6 cm³/mol. The number of nitrogens with two attached hydrogens (primary N) is 1. The summed E-state index contributed by atoms with van der Waals surface area (Å²) >= 11 is 0. The van der Waals surface area contributed by atoms with Crippen molar-refractivity contribution in [2.75, 3.05) is 31.8 Å². The summed E-state index contributed by atoms with van der Waals surface area (Å²) < 4.78 is 5.62. The van der Waals surface area contributed by atoms with Crippen LogP contribution in [0, 0.1) is 5.92 Å². The summed E-state index contributed by atoms with van der Waals surface area (Å²) in [4.78, 5) is 17.7. The number of amides is 1. The Morgan fingerprint density at radius 1 is 1.55 bits per heavy atom. The molecule has 0 radical (unpaired) electrons. The van der Waals surface area contributed by atoms with Crippen molar-refractivity contribution in [1.29, 1.82) is 0 Å². The standard InChI is InChI=1S/C14H22N4O2/c1-9(14(19)18(2)3)16-12-7-6-11(15)13(17-12)20-8-10-4-5-10/h6-7,9-10H,4-5,8,15H2,1-3H3,(H,16,17). The van der Waals surface area contributed by atoms with Crippen LogP contribution in [0.4, 0.5) is 11.5 Å². The number of carbonyl (C=O) groups excluding carboxylic acids is 1. The quantitative estimate of drug-likeness (QED) is 0.821. The topological polar surface area (TPSA) is 80.5 Å². The van der Waals surface area contributed by atoms with Gasteiger partial charge in [0.2, 0.25) is 11.8 Å². The third-order valence-corrected chi connectivity index (χ3v) is 3.22. The summed E-state index contributed by atoms with van der Waals surface area (Å²) in [6.07, 6.45) is 2.43. The molecule has 1 amide bonds. The summed E-state index contributed by atoms with van der Waals surface area (Å²) in [5, 5.41) is 3.06. The monoisotopic (exact) mass is 278 g/mol. The summed E-state index contributed by atoms with van der Waals surface area (Å²) in [6, 6.07) is 3.14. The molecule has 20 heavy (non-hydrogen) atoms. The number of nitrogens with one attached hydrogen (secondary N) is 1. The predicted octanol–water partition coefficient (Wildman–Crippen LogP) is 1.34. The fourth-order valence-corrected chi connectivity index (χ4v) is 1.80. The molecular weight excluding hydrogens is 256 g/mol. The maximum Gasteiger partial charge on any atom is 0.244 e. The maximum absolute atomic E-state index is 11.8. The van der Waals surface area contributed by atoms with Crippen LogP contribution in [0.1, 0.15) is 19.8 Å². The van der Waals surface area contributed by atoms with Crippen molar-refractivity contribution in [2.24, 2.45) is 5.92 Å². The average molecular weight is 278 g/mol. The Hall–Kier alpha value is -1.98. The Morgan fingerprint density at radius 3 is 2.85 bits per heavy atom. The van der Waals surface area contributed by atoms with Crippen molar-refractivity contribution in [2.45, 2.75) is 25.8 Å². The molecule has 1 atom stereocenters. The van der Waals surface area contributed by atoms with E-state index in [4.69, 9.17) is 10.5 Å². The van der Waals surface area contributed by atoms with Gasteiger partial charge in [-0.1, -0.05) is 0 Å². The molecule has 3 N–H and O–H groups in total. The summed E-state index contributed by atoms with van der Waals surface area (Å²) in [6.45, 7) is 2.46. The van der Waals surface area contributed by atoms with Crippen LogP contribution in [0.15, 0.2) is 12.1 Å². The van der Waals surface area contributed by atoms with Gasteiger partial charge in [-0.2, -0.15) is 4.98 Å². The van der Waals surface area contributed by atoms with E-state index in [0.717, 1.165) is 0 Å². The molecule has 1 aliphatic carbocycles. The number of aromatic nitrogens is 1. The molecule has 0 aliphatic heterocycles. The lowest BCUT2D eigenvalue weighted by Crippen LogP contribution is -2.36. The second-order valence-electron chi connectivity index (χ2n) is 5.44. The number of likely N-dealkylation sites (N-methyl/N-ethyl adjacent to an activating group) is 1. The highest BCUT2D eigenvalue weighted by Crippen LogP contribution is 2.30. The first kappa shape index (κ1) is 14.4. The van der Waals surface area contributed by atoms with E-state index >= 15 is 0 Å². The number of ether oxygens (including phenoxy) is 1. The van der Waals surface area contributed by atoms with Gasteiger partial charge in [0.15, 0.2) is 0 Å². The molecule has 1 saturated carbocycles. The Labute approximate surface area is 119 Å². The van der Waals surface area contributed by atoms with Crippen molar-refractivity contribution in [3.63, 3.8) is 0 Å². The molecule has 0 aromatic carbocycles. The van der Waals surface area contributed by atoms with Gasteiger partial charge in [-0.25, -0.2) is 0 Å². The first-order valence-electron chi connectivity index (χ1n) is 6.84. The fourth-order valence-electron chi connectivity index (χ4n) is 1.80. The molecule has 1 unspecified atom stereocenters. The van der Waals surface area contributed by atoms with Gasteiger partial charge in [0.05, 0.1) is 12.3 Å². The molecular formula is C14H22N4O2. The Kier molecular flexibility index (Phi) is 4.32. The lowest BCUT2D eigenvalue weighted by Gasteiger charge is -2.19. The minimum atomic E-state index is -0.350. The maximum atomic E-state index is 11.8. The van der Waals surface area contributed by atoms with Gasteiger partial charge in [-0.3, -0.25) is 4.79 Å². The second-order valence-corrected chi connectivity index (χ2v) is 5.44. The Morgan fingerprint density at radius 2 is 2.25 bits per heavy atom. The van der Waals surface area contributed by atoms with E-state index in [9.17, 15) is 4.79 Å². The molecule has 1 aromatic rings. The van der Waals surface area contributed by atoms with E-state index in [1.807, 2.05) is 0 Å². The smallest absolute Gasteiger partial charge is 0.244 e. The number of rotatable bonds is 6. The molecule has 6 heteroatoms. The number of nitrogens with zero attached hydrogens (tertiary/aromatic N) is 2. The molecule has 110 valence electrons. The van der Waals surface area contributed by atoms with Crippen LogP contribution in [-0.2, 0) is 4.79 Å². The number of hydrogen-bond acceptors (Lipinski definition) is 5. The van der Waals surface area contributed by atoms with Gasteiger partial charge in [-0.05, 0) is 37.8 Å². The second kappa shape index (κ2) is 5.98. The van der Waals surface area contributed by atoms with Crippen molar-refractivity contribution in [3.8, 4) is 5.88 Å². The van der Waals surface area contributed by atoms with Crippen LogP contribution in [0.3, 0.4) is 0 Å². The number of anilines is 2. The highest BCUT2D eigenvalue weighted by atomic mass is 16.5. The highest BCUT2D eigenvalue weighted by molar-refractivity contribution is 5.83. The van der Waals surface area contributed by atoms with Gasteiger partial charge >= 0.3 is 0 Å². The molecule has 1 aromatic heterocycles. The van der Waals surface area contributed by atoms with E-state index in [1.165, 1.54) is 12.8 Å². The van der Waals surface area contributed by atoms with Crippen molar-refractivity contribution < 1.29 is 9.53 Å². The zero-order chi connectivity index (χ0) is 14.7. The fraction of sp³-hybridized carbons (Fsp3) is 0.571. The molecule has 1 fully saturated rings. The zero-order valence-corrected chi connectivity index (χ0v) is 12.2. The van der Waals surface area contributed by atoms with Gasteiger partial charge in [0.25, 0.3) is 0 Å². The molecule has 0 bridgehead atoms. The summed E-state index contributed by atoms with van der Waals surface area (Å²) in [7, 11) is 3.45. The highest BCUT2D eigenvalue weighted by Gasteiger charge is 2.23. The molecule has 1 aliphatic rings. The molecule has 1 heterocycles. The first-order valence-corrected chi connectivity index (χ1v) is 6.84. The van der Waals surface area contributed by atoms with E-state index < -0.39 is 0 Å².